The first-order valence-electron chi connectivity index (χ1n) is 8.84. The highest BCUT2D eigenvalue weighted by Gasteiger charge is 2.29. The molecule has 1 amide bonds. The number of carbonyl (C=O) groups is 2. The average Bonchev–Trinajstić information content (AvgIpc) is 3.04. The second-order valence-electron chi connectivity index (χ2n) is 6.14. The molecule has 0 saturated heterocycles. The van der Waals surface area contributed by atoms with E-state index in [-0.39, 0.29) is 24.5 Å². The first-order chi connectivity index (χ1) is 14.0. The summed E-state index contributed by atoms with van der Waals surface area (Å²) in [7, 11) is 0. The topological polar surface area (TPSA) is 105 Å². The van der Waals surface area contributed by atoms with Crippen LogP contribution < -0.4 is 10.7 Å². The van der Waals surface area contributed by atoms with Crippen molar-refractivity contribution in [3.05, 3.63) is 76.7 Å². The molecule has 3 N–H and O–H groups in total. The van der Waals surface area contributed by atoms with Crippen molar-refractivity contribution < 1.29 is 19.1 Å². The molecule has 150 valence electrons. The Hall–Kier alpha value is -3.86. The number of carboxylic acid groups (broad SMARTS) is 1. The minimum absolute atomic E-state index is 0.0196. The van der Waals surface area contributed by atoms with Crippen molar-refractivity contribution in [2.45, 2.75) is 26.4 Å². The number of nitrogens with one attached hydrogen (secondary N) is 2. The first kappa shape index (κ1) is 21.4. The largest absolute Gasteiger partial charge is 0.483 e. The molecule has 0 spiro atoms. The molecule has 0 saturated carbocycles. The molecule has 7 nitrogen and oxygen atoms in total. The van der Waals surface area contributed by atoms with E-state index in [0.29, 0.717) is 17.7 Å². The number of amides is 1. The number of halogens is 1. The van der Waals surface area contributed by atoms with Gasteiger partial charge >= 0.3 is 0 Å². The number of nitriles is 1. The van der Waals surface area contributed by atoms with Crippen LogP contribution in [-0.2, 0) is 17.9 Å². The maximum Gasteiger partial charge on any atom is 0.290 e. The Bertz CT molecular complexity index is 969. The van der Waals surface area contributed by atoms with E-state index in [1.165, 1.54) is 11.1 Å². The Morgan fingerprint density at radius 2 is 2.07 bits per heavy atom. The third-order valence-corrected chi connectivity index (χ3v) is 4.36. The van der Waals surface area contributed by atoms with Crippen molar-refractivity contribution in [3.8, 4) is 6.07 Å². The third-order valence-electron chi connectivity index (χ3n) is 4.36. The highest BCUT2D eigenvalue weighted by Crippen LogP contribution is 2.29. The van der Waals surface area contributed by atoms with Crippen molar-refractivity contribution >= 4 is 18.1 Å². The summed E-state index contributed by atoms with van der Waals surface area (Å²) >= 11 is 0. The summed E-state index contributed by atoms with van der Waals surface area (Å²) in [4.78, 5) is 20.9. The Morgan fingerprint density at radius 3 is 2.72 bits per heavy atom. The molecule has 0 fully saturated rings. The predicted molar refractivity (Wildman–Crippen MR) is 106 cm³/mol. The highest BCUT2D eigenvalue weighted by atomic mass is 19.1. The summed E-state index contributed by atoms with van der Waals surface area (Å²) < 4.78 is 14.2. The van der Waals surface area contributed by atoms with E-state index in [4.69, 9.17) is 15.2 Å². The van der Waals surface area contributed by atoms with Crippen molar-refractivity contribution in [3.63, 3.8) is 0 Å². The lowest BCUT2D eigenvalue weighted by Gasteiger charge is -2.19. The number of fused-ring (bicyclic) bond motifs is 1. The molecule has 0 aliphatic carbocycles. The molecule has 0 aromatic heterocycles. The van der Waals surface area contributed by atoms with E-state index in [2.05, 4.69) is 17.3 Å². The molecule has 2 aromatic rings. The van der Waals surface area contributed by atoms with Crippen LogP contribution in [0.1, 0.15) is 40.4 Å². The summed E-state index contributed by atoms with van der Waals surface area (Å²) in [6.07, 6.45) is 0.722. The number of rotatable bonds is 6. The van der Waals surface area contributed by atoms with Gasteiger partial charge in [-0.1, -0.05) is 31.7 Å². The van der Waals surface area contributed by atoms with Crippen molar-refractivity contribution in [1.82, 2.24) is 10.4 Å². The number of allylic oxidation sites excluding steroid dienone is 1. The zero-order valence-corrected chi connectivity index (χ0v) is 15.9. The fourth-order valence-electron chi connectivity index (χ4n) is 2.85. The van der Waals surface area contributed by atoms with Crippen LogP contribution in [-0.4, -0.2) is 22.5 Å². The second-order valence-corrected chi connectivity index (χ2v) is 6.14. The van der Waals surface area contributed by atoms with Crippen LogP contribution in [0.4, 0.5) is 10.1 Å². The van der Waals surface area contributed by atoms with Crippen molar-refractivity contribution in [1.29, 1.82) is 5.26 Å². The number of anilines is 1. The van der Waals surface area contributed by atoms with Crippen LogP contribution in [0.3, 0.4) is 0 Å². The van der Waals surface area contributed by atoms with E-state index >= 15 is 0 Å². The lowest BCUT2D eigenvalue weighted by molar-refractivity contribution is -0.122. The maximum atomic E-state index is 14.2. The van der Waals surface area contributed by atoms with Gasteiger partial charge < -0.3 is 15.8 Å². The van der Waals surface area contributed by atoms with Gasteiger partial charge in [0.1, 0.15) is 11.9 Å². The zero-order chi connectivity index (χ0) is 21.4. The van der Waals surface area contributed by atoms with Gasteiger partial charge in [0.25, 0.3) is 12.4 Å². The van der Waals surface area contributed by atoms with Crippen LogP contribution >= 0.6 is 0 Å². The maximum absolute atomic E-state index is 14.2. The Kier molecular flexibility index (Phi) is 7.32. The molecule has 1 heterocycles. The van der Waals surface area contributed by atoms with Gasteiger partial charge in [0.15, 0.2) is 0 Å². The molecule has 0 bridgehead atoms. The minimum atomic E-state index is -0.520. The van der Waals surface area contributed by atoms with Gasteiger partial charge in [0.05, 0.1) is 12.1 Å². The number of nitrogens with zero attached hydrogens (tertiary/aromatic N) is 2. The number of hydrogen-bond donors (Lipinski definition) is 3. The van der Waals surface area contributed by atoms with Gasteiger partial charge in [0.2, 0.25) is 0 Å². The van der Waals surface area contributed by atoms with Crippen molar-refractivity contribution in [2.24, 2.45) is 0 Å². The molecule has 2 aromatic carbocycles. The Labute approximate surface area is 168 Å². The minimum Gasteiger partial charge on any atom is -0.483 e. The predicted octanol–water partition coefficient (Wildman–Crippen LogP) is 3.39. The van der Waals surface area contributed by atoms with Gasteiger partial charge in [0, 0.05) is 34.6 Å². The third kappa shape index (κ3) is 4.90. The molecule has 29 heavy (non-hydrogen) atoms. The van der Waals surface area contributed by atoms with Crippen molar-refractivity contribution in [2.75, 3.05) is 5.32 Å². The van der Waals surface area contributed by atoms with Crippen LogP contribution in [0.2, 0.25) is 0 Å². The summed E-state index contributed by atoms with van der Waals surface area (Å²) in [5.74, 6) is -0.635. The number of carbonyl (C=O) groups excluding carboxylic acids is 1. The fourth-order valence-corrected chi connectivity index (χ4v) is 2.85. The van der Waals surface area contributed by atoms with E-state index < -0.39 is 5.82 Å². The molecule has 8 heteroatoms. The lowest BCUT2D eigenvalue weighted by Crippen LogP contribution is -2.37. The van der Waals surface area contributed by atoms with Gasteiger partial charge in [-0.15, -0.1) is 0 Å². The van der Waals surface area contributed by atoms with Crippen LogP contribution in [0.5, 0.6) is 0 Å². The van der Waals surface area contributed by atoms with E-state index in [9.17, 15) is 9.18 Å². The highest BCUT2D eigenvalue weighted by molar-refractivity contribution is 5.99. The standard InChI is InChI=1S/C20H19FN4O.CH2O2/c1-3-13(2)24-25-12-17-16(20(25)26)8-5-9-18(17)23-11-15-7-4-6-14(10-22)19(15)21;2-1-3/h4-9,23-24H,2-3,11-12H2,1H3;1H,(H,2,3). The smallest absolute Gasteiger partial charge is 0.290 e. The molecule has 0 atom stereocenters. The molecule has 1 aliphatic heterocycles. The summed E-state index contributed by atoms with van der Waals surface area (Å²) in [5.41, 5.74) is 6.43. The summed E-state index contributed by atoms with van der Waals surface area (Å²) in [5, 5.41) is 20.5. The summed E-state index contributed by atoms with van der Waals surface area (Å²) in [6, 6.07) is 12.0. The van der Waals surface area contributed by atoms with Crippen LogP contribution in [0.25, 0.3) is 0 Å². The van der Waals surface area contributed by atoms with Gasteiger partial charge in [-0.3, -0.25) is 9.59 Å². The SMILES string of the molecule is C=C(CC)NN1Cc2c(NCc3cccc(C#N)c3F)cccc2C1=O.O=CO. The Morgan fingerprint density at radius 1 is 1.38 bits per heavy atom. The molecule has 0 unspecified atom stereocenters. The number of hydrazine groups is 1. The van der Waals surface area contributed by atoms with E-state index in [1.807, 2.05) is 19.1 Å². The summed E-state index contributed by atoms with van der Waals surface area (Å²) in [6.45, 7) is 6.20. The molecule has 3 rings (SSSR count). The monoisotopic (exact) mass is 396 g/mol. The number of benzene rings is 2. The van der Waals surface area contributed by atoms with E-state index in [1.54, 1.807) is 24.3 Å². The molecular formula is C21H21FN4O3. The van der Waals surface area contributed by atoms with Gasteiger partial charge in [-0.2, -0.15) is 5.26 Å². The van der Waals surface area contributed by atoms with E-state index in [0.717, 1.165) is 23.4 Å². The molecule has 1 aliphatic rings. The van der Waals surface area contributed by atoms with Gasteiger partial charge in [-0.05, 0) is 24.6 Å². The quantitative estimate of drug-likeness (QED) is 0.647. The first-order valence-corrected chi connectivity index (χ1v) is 8.84. The van der Waals surface area contributed by atoms with Crippen LogP contribution in [0.15, 0.2) is 48.7 Å². The fraction of sp³-hybridized carbons (Fsp3) is 0.190. The zero-order valence-electron chi connectivity index (χ0n) is 15.9. The second kappa shape index (κ2) is 9.90. The molecule has 0 radical (unpaired) electrons. The normalized spacial score (nSPS) is 11.6. The van der Waals surface area contributed by atoms with Crippen LogP contribution in [0, 0.1) is 17.1 Å². The Balaban J connectivity index is 0.000000941. The van der Waals surface area contributed by atoms with Gasteiger partial charge in [-0.25, -0.2) is 9.40 Å². The number of hydrogen-bond acceptors (Lipinski definition) is 5. The lowest BCUT2D eigenvalue weighted by atomic mass is 10.1. The molecular weight excluding hydrogens is 375 g/mol. The average molecular weight is 396 g/mol.